The van der Waals surface area contributed by atoms with Gasteiger partial charge >= 0.3 is 0 Å². The summed E-state index contributed by atoms with van der Waals surface area (Å²) in [4.78, 5) is 1.61. The van der Waals surface area contributed by atoms with Gasteiger partial charge in [0.2, 0.25) is 0 Å². The van der Waals surface area contributed by atoms with Crippen molar-refractivity contribution < 1.29 is 13.2 Å². The fourth-order valence-electron chi connectivity index (χ4n) is 1.77. The van der Waals surface area contributed by atoms with E-state index < -0.39 is 11.6 Å². The zero-order valence-corrected chi connectivity index (χ0v) is 9.99. The molecule has 2 aromatic rings. The summed E-state index contributed by atoms with van der Waals surface area (Å²) in [6.07, 6.45) is 3.11. The molecule has 2 N–H and O–H groups in total. The molecule has 0 fully saturated rings. The number of anilines is 1. The second-order valence-corrected chi connectivity index (χ2v) is 4.06. The lowest BCUT2D eigenvalue weighted by Gasteiger charge is -2.20. The number of hydrogen-bond donors (Lipinski definition) is 1. The fraction of sp³-hybridized carbons (Fsp3) is 0.231. The van der Waals surface area contributed by atoms with Gasteiger partial charge in [-0.25, -0.2) is 8.78 Å². The fourth-order valence-corrected chi connectivity index (χ4v) is 1.77. The van der Waals surface area contributed by atoms with Crippen molar-refractivity contribution in [1.82, 2.24) is 0 Å². The van der Waals surface area contributed by atoms with Crippen LogP contribution in [0.4, 0.5) is 14.5 Å². The molecule has 0 spiro atoms. The minimum absolute atomic E-state index is 0.0194. The molecule has 0 aliphatic heterocycles. The Hall–Kier alpha value is -1.88. The Balaban J connectivity index is 2.25. The van der Waals surface area contributed by atoms with Crippen LogP contribution in [0.15, 0.2) is 35.1 Å². The Bertz CT molecular complexity index is 526. The summed E-state index contributed by atoms with van der Waals surface area (Å²) < 4.78 is 32.4. The Morgan fingerprint density at radius 1 is 1.22 bits per heavy atom. The quantitative estimate of drug-likeness (QED) is 0.909. The molecule has 0 saturated carbocycles. The van der Waals surface area contributed by atoms with Crippen LogP contribution in [0.2, 0.25) is 0 Å². The third-order valence-electron chi connectivity index (χ3n) is 2.77. The number of rotatable bonds is 4. The Morgan fingerprint density at radius 3 is 2.61 bits per heavy atom. The highest BCUT2D eigenvalue weighted by Crippen LogP contribution is 2.24. The minimum Gasteiger partial charge on any atom is -0.472 e. The summed E-state index contributed by atoms with van der Waals surface area (Å²) in [7, 11) is 1.69. The van der Waals surface area contributed by atoms with E-state index in [4.69, 9.17) is 10.2 Å². The van der Waals surface area contributed by atoms with E-state index in [9.17, 15) is 8.78 Å². The average molecular weight is 252 g/mol. The molecule has 0 bridgehead atoms. The minimum atomic E-state index is -0.881. The highest BCUT2D eigenvalue weighted by atomic mass is 19.2. The SMILES string of the molecule is CN(Cc1ccoc1)c1ccc(CN)c(F)c1F. The summed E-state index contributed by atoms with van der Waals surface area (Å²) in [5.74, 6) is -1.75. The second-order valence-electron chi connectivity index (χ2n) is 4.06. The molecule has 0 amide bonds. The van der Waals surface area contributed by atoms with Crippen molar-refractivity contribution in [1.29, 1.82) is 0 Å². The predicted octanol–water partition coefficient (Wildman–Crippen LogP) is 2.65. The maximum Gasteiger partial charge on any atom is 0.182 e. The van der Waals surface area contributed by atoms with Gasteiger partial charge in [0, 0.05) is 31.3 Å². The van der Waals surface area contributed by atoms with Gasteiger partial charge in [-0.05, 0) is 12.1 Å². The number of hydrogen-bond acceptors (Lipinski definition) is 3. The third-order valence-corrected chi connectivity index (χ3v) is 2.77. The molecule has 1 aromatic heterocycles. The molecule has 0 radical (unpaired) electrons. The van der Waals surface area contributed by atoms with Gasteiger partial charge in [0.05, 0.1) is 18.2 Å². The summed E-state index contributed by atoms with van der Waals surface area (Å²) in [5, 5.41) is 0. The van der Waals surface area contributed by atoms with Crippen molar-refractivity contribution in [3.63, 3.8) is 0 Å². The number of nitrogens with zero attached hydrogens (tertiary/aromatic N) is 1. The van der Waals surface area contributed by atoms with Gasteiger partial charge in [-0.2, -0.15) is 0 Å². The van der Waals surface area contributed by atoms with Crippen LogP contribution in [0.3, 0.4) is 0 Å². The highest BCUT2D eigenvalue weighted by Gasteiger charge is 2.15. The van der Waals surface area contributed by atoms with E-state index in [1.165, 1.54) is 18.4 Å². The maximum absolute atomic E-state index is 13.8. The third kappa shape index (κ3) is 2.36. The van der Waals surface area contributed by atoms with Crippen LogP contribution in [0.25, 0.3) is 0 Å². The molecule has 18 heavy (non-hydrogen) atoms. The normalized spacial score (nSPS) is 10.7. The van der Waals surface area contributed by atoms with E-state index in [2.05, 4.69) is 0 Å². The van der Waals surface area contributed by atoms with E-state index in [0.29, 0.717) is 6.54 Å². The first-order chi connectivity index (χ1) is 8.63. The van der Waals surface area contributed by atoms with Crippen molar-refractivity contribution in [3.05, 3.63) is 53.5 Å². The van der Waals surface area contributed by atoms with E-state index in [1.807, 2.05) is 0 Å². The molecule has 0 saturated heterocycles. The van der Waals surface area contributed by atoms with Gasteiger partial charge in [-0.15, -0.1) is 0 Å². The van der Waals surface area contributed by atoms with Crippen LogP contribution >= 0.6 is 0 Å². The van der Waals surface area contributed by atoms with Crippen LogP contribution in [-0.4, -0.2) is 7.05 Å². The lowest BCUT2D eigenvalue weighted by atomic mass is 10.1. The van der Waals surface area contributed by atoms with Gasteiger partial charge < -0.3 is 15.1 Å². The van der Waals surface area contributed by atoms with Crippen LogP contribution in [0.1, 0.15) is 11.1 Å². The molecule has 0 unspecified atom stereocenters. The summed E-state index contributed by atoms with van der Waals surface area (Å²) in [5.41, 5.74) is 6.59. The molecule has 3 nitrogen and oxygen atoms in total. The second kappa shape index (κ2) is 5.18. The zero-order valence-electron chi connectivity index (χ0n) is 9.99. The maximum atomic E-state index is 13.8. The molecular formula is C13H14F2N2O. The molecule has 1 heterocycles. The van der Waals surface area contributed by atoms with Crippen LogP contribution in [0, 0.1) is 11.6 Å². The summed E-state index contributed by atoms with van der Waals surface area (Å²) >= 11 is 0. The molecule has 0 aliphatic carbocycles. The Morgan fingerprint density at radius 2 is 2.00 bits per heavy atom. The highest BCUT2D eigenvalue weighted by molar-refractivity contribution is 5.49. The van der Waals surface area contributed by atoms with Crippen molar-refractivity contribution in [2.45, 2.75) is 13.1 Å². The van der Waals surface area contributed by atoms with Crippen molar-refractivity contribution in [2.24, 2.45) is 5.73 Å². The van der Waals surface area contributed by atoms with Crippen molar-refractivity contribution in [2.75, 3.05) is 11.9 Å². The number of halogens is 2. The molecule has 96 valence electrons. The number of nitrogens with two attached hydrogens (primary N) is 1. The summed E-state index contributed by atoms with van der Waals surface area (Å²) in [6.45, 7) is 0.420. The lowest BCUT2D eigenvalue weighted by Crippen LogP contribution is -2.18. The van der Waals surface area contributed by atoms with Crippen molar-refractivity contribution >= 4 is 5.69 Å². The van der Waals surface area contributed by atoms with Gasteiger partial charge in [-0.3, -0.25) is 0 Å². The monoisotopic (exact) mass is 252 g/mol. The molecule has 5 heteroatoms. The molecule has 0 aliphatic rings. The first kappa shape index (κ1) is 12.6. The number of furan rings is 1. The van der Waals surface area contributed by atoms with Gasteiger partial charge in [0.1, 0.15) is 0 Å². The zero-order chi connectivity index (χ0) is 13.1. The molecular weight excluding hydrogens is 238 g/mol. The van der Waals surface area contributed by atoms with Gasteiger partial charge in [0.25, 0.3) is 0 Å². The van der Waals surface area contributed by atoms with Crippen LogP contribution in [-0.2, 0) is 13.1 Å². The molecule has 2 rings (SSSR count). The summed E-state index contributed by atoms with van der Waals surface area (Å²) in [6, 6.07) is 4.80. The molecule has 0 atom stereocenters. The van der Waals surface area contributed by atoms with E-state index >= 15 is 0 Å². The Kier molecular flexibility index (Phi) is 3.62. The van der Waals surface area contributed by atoms with Crippen LogP contribution < -0.4 is 10.6 Å². The predicted molar refractivity (Wildman–Crippen MR) is 65.1 cm³/mol. The largest absolute Gasteiger partial charge is 0.472 e. The number of benzene rings is 1. The standard InChI is InChI=1S/C13H14F2N2O/c1-17(7-9-4-5-18-8-9)11-3-2-10(6-16)12(14)13(11)15/h2-5,8H,6-7,16H2,1H3. The smallest absolute Gasteiger partial charge is 0.182 e. The van der Waals surface area contributed by atoms with E-state index in [-0.39, 0.29) is 17.8 Å². The van der Waals surface area contributed by atoms with Gasteiger partial charge in [0.15, 0.2) is 11.6 Å². The lowest BCUT2D eigenvalue weighted by molar-refractivity contribution is 0.498. The molecule has 1 aromatic carbocycles. The Labute approximate surface area is 104 Å². The average Bonchev–Trinajstić information content (AvgIpc) is 2.85. The van der Waals surface area contributed by atoms with Crippen molar-refractivity contribution in [3.8, 4) is 0 Å². The topological polar surface area (TPSA) is 42.4 Å². The van der Waals surface area contributed by atoms with E-state index in [1.54, 1.807) is 24.3 Å². The van der Waals surface area contributed by atoms with Crippen LogP contribution in [0.5, 0.6) is 0 Å². The first-order valence-electron chi connectivity index (χ1n) is 5.52. The van der Waals surface area contributed by atoms with E-state index in [0.717, 1.165) is 5.56 Å². The first-order valence-corrected chi connectivity index (χ1v) is 5.52. The van der Waals surface area contributed by atoms with Gasteiger partial charge in [-0.1, -0.05) is 6.07 Å².